The van der Waals surface area contributed by atoms with Gasteiger partial charge in [0, 0.05) is 11.8 Å². The number of carbonyl (C=O) groups is 1. The molecule has 132 valence electrons. The summed E-state index contributed by atoms with van der Waals surface area (Å²) in [7, 11) is 0. The van der Waals surface area contributed by atoms with Gasteiger partial charge in [-0.2, -0.15) is 5.10 Å². The summed E-state index contributed by atoms with van der Waals surface area (Å²) in [5.74, 6) is -0.0830. The molecule has 1 fully saturated rings. The number of nitrogens with one attached hydrogen (secondary N) is 2. The lowest BCUT2D eigenvalue weighted by Crippen LogP contribution is -2.48. The largest absolute Gasteiger partial charge is 0.390 e. The van der Waals surface area contributed by atoms with Gasteiger partial charge in [-0.1, -0.05) is 24.3 Å². The molecule has 2 aromatic rings. The molecule has 1 spiro atoms. The van der Waals surface area contributed by atoms with Gasteiger partial charge in [-0.3, -0.25) is 9.48 Å². The molecular weight excluding hydrogens is 318 g/mol. The summed E-state index contributed by atoms with van der Waals surface area (Å²) in [6.07, 6.45) is 4.53. The van der Waals surface area contributed by atoms with Crippen LogP contribution in [0.15, 0.2) is 36.9 Å². The van der Waals surface area contributed by atoms with Crippen molar-refractivity contribution in [3.05, 3.63) is 48.0 Å². The van der Waals surface area contributed by atoms with Crippen LogP contribution >= 0.6 is 0 Å². The van der Waals surface area contributed by atoms with Crippen LogP contribution in [-0.2, 0) is 16.8 Å². The van der Waals surface area contributed by atoms with Crippen LogP contribution in [0.5, 0.6) is 0 Å². The summed E-state index contributed by atoms with van der Waals surface area (Å²) in [6.45, 7) is 2.25. The predicted octanol–water partition coefficient (Wildman–Crippen LogP) is 0.521. The quantitative estimate of drug-likeness (QED) is 0.754. The average Bonchev–Trinajstić information content (AvgIpc) is 3.24. The Bertz CT molecular complexity index is 740. The van der Waals surface area contributed by atoms with Gasteiger partial charge in [0.25, 0.3) is 0 Å². The standard InChI is InChI=1S/C18H23N5O2/c24-15(5-10-23-12-20-11-21-23)22-16-13-3-1-2-4-14(13)18(17(16)25)6-8-19-9-7-18/h1-4,11-12,16-17,19,25H,5-10H2,(H,22,24)/t16-,17+/m1/s1. The van der Waals surface area contributed by atoms with Crippen LogP contribution in [0.2, 0.25) is 0 Å². The highest BCUT2D eigenvalue weighted by molar-refractivity contribution is 5.77. The van der Waals surface area contributed by atoms with Gasteiger partial charge >= 0.3 is 0 Å². The number of aliphatic hydroxyl groups is 1. The molecule has 0 bridgehead atoms. The Morgan fingerprint density at radius 2 is 2.16 bits per heavy atom. The Hall–Kier alpha value is -2.25. The van der Waals surface area contributed by atoms with Crippen LogP contribution in [-0.4, -0.2) is 45.0 Å². The number of amides is 1. The minimum Gasteiger partial charge on any atom is -0.390 e. The number of carbonyl (C=O) groups excluding carboxylic acids is 1. The Balaban J connectivity index is 1.52. The summed E-state index contributed by atoms with van der Waals surface area (Å²) in [4.78, 5) is 16.3. The lowest BCUT2D eigenvalue weighted by atomic mass is 9.72. The van der Waals surface area contributed by atoms with E-state index in [-0.39, 0.29) is 17.4 Å². The van der Waals surface area contributed by atoms with Crippen LogP contribution in [0.3, 0.4) is 0 Å². The zero-order chi connectivity index (χ0) is 17.3. The van der Waals surface area contributed by atoms with Gasteiger partial charge in [0.2, 0.25) is 5.91 Å². The van der Waals surface area contributed by atoms with E-state index >= 15 is 0 Å². The highest BCUT2D eigenvalue weighted by Gasteiger charge is 2.51. The first-order chi connectivity index (χ1) is 12.2. The number of nitrogens with zero attached hydrogens (tertiary/aromatic N) is 3. The van der Waals surface area contributed by atoms with E-state index < -0.39 is 6.10 Å². The number of hydrogen-bond donors (Lipinski definition) is 3. The second-order valence-corrected chi connectivity index (χ2v) is 6.89. The van der Waals surface area contributed by atoms with Crippen molar-refractivity contribution in [3.63, 3.8) is 0 Å². The summed E-state index contributed by atoms with van der Waals surface area (Å²) < 4.78 is 1.63. The number of rotatable bonds is 4. The Labute approximate surface area is 146 Å². The van der Waals surface area contributed by atoms with E-state index in [1.54, 1.807) is 11.0 Å². The van der Waals surface area contributed by atoms with Crippen LogP contribution in [0.25, 0.3) is 0 Å². The molecule has 2 aliphatic rings. The molecule has 0 saturated carbocycles. The Morgan fingerprint density at radius 3 is 2.92 bits per heavy atom. The van der Waals surface area contributed by atoms with Gasteiger partial charge in [0.1, 0.15) is 12.7 Å². The van der Waals surface area contributed by atoms with Crippen LogP contribution in [0.1, 0.15) is 36.4 Å². The van der Waals surface area contributed by atoms with Gasteiger partial charge in [0.15, 0.2) is 0 Å². The van der Waals surface area contributed by atoms with Crippen molar-refractivity contribution < 1.29 is 9.90 Å². The molecule has 0 unspecified atom stereocenters. The molecule has 1 amide bonds. The summed E-state index contributed by atoms with van der Waals surface area (Å²) in [6, 6.07) is 7.77. The molecule has 2 atom stereocenters. The van der Waals surface area contributed by atoms with Gasteiger partial charge < -0.3 is 15.7 Å². The normalized spacial score (nSPS) is 24.2. The topological polar surface area (TPSA) is 92.1 Å². The number of aliphatic hydroxyl groups excluding tert-OH is 1. The predicted molar refractivity (Wildman–Crippen MR) is 91.8 cm³/mol. The van der Waals surface area contributed by atoms with Crippen molar-refractivity contribution in [2.45, 2.75) is 43.4 Å². The molecule has 1 aromatic carbocycles. The van der Waals surface area contributed by atoms with Gasteiger partial charge in [-0.05, 0) is 37.1 Å². The lowest BCUT2D eigenvalue weighted by Gasteiger charge is -2.38. The highest BCUT2D eigenvalue weighted by atomic mass is 16.3. The smallest absolute Gasteiger partial charge is 0.222 e. The number of piperidine rings is 1. The lowest BCUT2D eigenvalue weighted by molar-refractivity contribution is -0.123. The zero-order valence-electron chi connectivity index (χ0n) is 14.1. The first-order valence-corrected chi connectivity index (χ1v) is 8.81. The molecule has 0 radical (unpaired) electrons. The molecule has 1 saturated heterocycles. The third kappa shape index (κ3) is 2.83. The summed E-state index contributed by atoms with van der Waals surface area (Å²) in [5, 5.41) is 21.5. The maximum absolute atomic E-state index is 12.4. The fourth-order valence-corrected chi connectivity index (χ4v) is 4.27. The van der Waals surface area contributed by atoms with E-state index in [1.165, 1.54) is 11.9 Å². The second kappa shape index (κ2) is 6.57. The van der Waals surface area contributed by atoms with E-state index in [4.69, 9.17) is 0 Å². The minimum atomic E-state index is -0.595. The minimum absolute atomic E-state index is 0.0830. The van der Waals surface area contributed by atoms with Gasteiger partial charge in [-0.25, -0.2) is 4.98 Å². The third-order valence-corrected chi connectivity index (χ3v) is 5.56. The fraction of sp³-hybridized carbons (Fsp3) is 0.500. The zero-order valence-corrected chi connectivity index (χ0v) is 14.1. The molecule has 3 N–H and O–H groups in total. The number of benzene rings is 1. The first kappa shape index (κ1) is 16.2. The second-order valence-electron chi connectivity index (χ2n) is 6.89. The molecule has 25 heavy (non-hydrogen) atoms. The molecular formula is C18H23N5O2. The van der Waals surface area contributed by atoms with Crippen molar-refractivity contribution in [3.8, 4) is 0 Å². The molecule has 1 aliphatic carbocycles. The van der Waals surface area contributed by atoms with E-state index in [1.807, 2.05) is 18.2 Å². The maximum atomic E-state index is 12.4. The van der Waals surface area contributed by atoms with E-state index in [2.05, 4.69) is 26.8 Å². The van der Waals surface area contributed by atoms with Crippen LogP contribution in [0, 0.1) is 0 Å². The third-order valence-electron chi connectivity index (χ3n) is 5.56. The van der Waals surface area contributed by atoms with E-state index in [9.17, 15) is 9.90 Å². The SMILES string of the molecule is O=C(CCn1cncn1)N[C@@H]1c2ccccc2C2(CCNCC2)[C@H]1O. The number of aromatic nitrogens is 3. The highest BCUT2D eigenvalue weighted by Crippen LogP contribution is 2.49. The molecule has 4 rings (SSSR count). The van der Waals surface area contributed by atoms with E-state index in [0.29, 0.717) is 13.0 Å². The number of fused-ring (bicyclic) bond motifs is 2. The molecule has 2 heterocycles. The monoisotopic (exact) mass is 341 g/mol. The first-order valence-electron chi connectivity index (χ1n) is 8.81. The van der Waals surface area contributed by atoms with Gasteiger partial charge in [0.05, 0.1) is 18.7 Å². The molecule has 7 heteroatoms. The van der Waals surface area contributed by atoms with Crippen molar-refractivity contribution in [1.29, 1.82) is 0 Å². The van der Waals surface area contributed by atoms with Crippen LogP contribution < -0.4 is 10.6 Å². The van der Waals surface area contributed by atoms with Crippen molar-refractivity contribution in [2.24, 2.45) is 0 Å². The van der Waals surface area contributed by atoms with Gasteiger partial charge in [-0.15, -0.1) is 0 Å². The van der Waals surface area contributed by atoms with E-state index in [0.717, 1.165) is 31.5 Å². The molecule has 1 aliphatic heterocycles. The Kier molecular flexibility index (Phi) is 4.27. The fourth-order valence-electron chi connectivity index (χ4n) is 4.27. The summed E-state index contributed by atoms with van der Waals surface area (Å²) >= 11 is 0. The van der Waals surface area contributed by atoms with Crippen molar-refractivity contribution in [2.75, 3.05) is 13.1 Å². The Morgan fingerprint density at radius 1 is 1.36 bits per heavy atom. The maximum Gasteiger partial charge on any atom is 0.222 e. The summed E-state index contributed by atoms with van der Waals surface area (Å²) in [5.41, 5.74) is 1.97. The van der Waals surface area contributed by atoms with Crippen LogP contribution in [0.4, 0.5) is 0 Å². The molecule has 1 aromatic heterocycles. The van der Waals surface area contributed by atoms with Crippen molar-refractivity contribution >= 4 is 5.91 Å². The number of aryl methyl sites for hydroxylation is 1. The molecule has 7 nitrogen and oxygen atoms in total. The number of hydrogen-bond acceptors (Lipinski definition) is 5. The average molecular weight is 341 g/mol. The van der Waals surface area contributed by atoms with Crippen molar-refractivity contribution in [1.82, 2.24) is 25.4 Å².